The number of carbonyl (C=O) groups excluding carboxylic acids is 1. The van der Waals surface area contributed by atoms with Crippen LogP contribution in [0.15, 0.2) is 36.7 Å². The third-order valence-electron chi connectivity index (χ3n) is 6.37. The van der Waals surface area contributed by atoms with Gasteiger partial charge in [0.15, 0.2) is 0 Å². The van der Waals surface area contributed by atoms with Crippen molar-refractivity contribution in [3.63, 3.8) is 0 Å². The third-order valence-corrected chi connectivity index (χ3v) is 6.37. The van der Waals surface area contributed by atoms with Crippen LogP contribution in [0.25, 0.3) is 16.7 Å². The molecule has 36 heavy (non-hydrogen) atoms. The minimum absolute atomic E-state index is 0.0756. The van der Waals surface area contributed by atoms with E-state index in [9.17, 15) is 18.0 Å². The van der Waals surface area contributed by atoms with Crippen molar-refractivity contribution in [3.8, 4) is 23.3 Å². The summed E-state index contributed by atoms with van der Waals surface area (Å²) >= 11 is 0. The molecule has 8 nitrogen and oxygen atoms in total. The van der Waals surface area contributed by atoms with Crippen LogP contribution in [0.5, 0.6) is 11.5 Å². The van der Waals surface area contributed by atoms with Crippen molar-refractivity contribution in [2.45, 2.75) is 24.9 Å². The number of rotatable bonds is 7. The maximum atomic E-state index is 12.6. The van der Waals surface area contributed by atoms with Gasteiger partial charge in [-0.3, -0.25) is 14.3 Å². The number of ether oxygens (including phenoxy) is 2. The van der Waals surface area contributed by atoms with Gasteiger partial charge in [0.05, 0.1) is 43.6 Å². The Bertz CT molecular complexity index is 1270. The lowest BCUT2D eigenvalue weighted by Gasteiger charge is -2.30. The molecule has 1 saturated heterocycles. The molecule has 0 atom stereocenters. The molecule has 1 aromatic heterocycles. The second-order valence-electron chi connectivity index (χ2n) is 8.59. The van der Waals surface area contributed by atoms with Gasteiger partial charge in [0.2, 0.25) is 0 Å². The zero-order chi connectivity index (χ0) is 25.9. The number of carbonyl (C=O) groups is 1. The lowest BCUT2D eigenvalue weighted by Crippen LogP contribution is -2.34. The highest BCUT2D eigenvalue weighted by atomic mass is 19.4. The largest absolute Gasteiger partial charge is 0.496 e. The first kappa shape index (κ1) is 25.3. The molecule has 11 heteroatoms. The molecule has 0 aliphatic carbocycles. The molecule has 2 heterocycles. The van der Waals surface area contributed by atoms with Crippen molar-refractivity contribution in [2.24, 2.45) is 0 Å². The van der Waals surface area contributed by atoms with Crippen LogP contribution in [-0.4, -0.2) is 66.9 Å². The smallest absolute Gasteiger partial charge is 0.405 e. The van der Waals surface area contributed by atoms with E-state index in [1.807, 2.05) is 11.4 Å². The summed E-state index contributed by atoms with van der Waals surface area (Å²) in [5.41, 5.74) is 3.26. The lowest BCUT2D eigenvalue weighted by molar-refractivity contribution is -0.123. The molecule has 3 aromatic rings. The van der Waals surface area contributed by atoms with Gasteiger partial charge in [0.25, 0.3) is 5.91 Å². The first-order chi connectivity index (χ1) is 17.2. The Morgan fingerprint density at radius 1 is 1.17 bits per heavy atom. The standard InChI is InChI=1S/C25H26F3N5O3/c1-35-21-12-18(13-22(36-2)23(21)24(34)30-14-25(26,27)28)33-15-31-19-11-17(3-4-20(19)33)16-5-8-32(9-6-16)10-7-29/h3-4,11-13,15-16H,5-6,8-10,14H2,1-2H3,(H,30,34). The minimum atomic E-state index is -4.54. The number of nitrogens with zero attached hydrogens (tertiary/aromatic N) is 4. The van der Waals surface area contributed by atoms with Crippen molar-refractivity contribution in [1.29, 1.82) is 5.26 Å². The molecule has 0 bridgehead atoms. The molecule has 0 unspecified atom stereocenters. The van der Waals surface area contributed by atoms with E-state index < -0.39 is 18.6 Å². The molecule has 0 spiro atoms. The number of likely N-dealkylation sites (tertiary alicyclic amines) is 1. The highest BCUT2D eigenvalue weighted by molar-refractivity contribution is 6.00. The van der Waals surface area contributed by atoms with Crippen molar-refractivity contribution in [2.75, 3.05) is 40.4 Å². The molecular weight excluding hydrogens is 475 g/mol. The predicted molar refractivity (Wildman–Crippen MR) is 127 cm³/mol. The van der Waals surface area contributed by atoms with Gasteiger partial charge in [-0.25, -0.2) is 4.98 Å². The third kappa shape index (κ3) is 5.39. The number of amides is 1. The number of aromatic nitrogens is 2. The van der Waals surface area contributed by atoms with Crippen LogP contribution < -0.4 is 14.8 Å². The number of halogens is 3. The second kappa shape index (κ2) is 10.5. The number of nitriles is 1. The highest BCUT2D eigenvalue weighted by Crippen LogP contribution is 2.35. The van der Waals surface area contributed by atoms with Gasteiger partial charge in [-0.2, -0.15) is 18.4 Å². The molecule has 1 fully saturated rings. The molecule has 0 saturated carbocycles. The molecule has 1 amide bonds. The quantitative estimate of drug-likeness (QED) is 0.492. The number of imidazole rings is 1. The van der Waals surface area contributed by atoms with E-state index in [1.54, 1.807) is 23.0 Å². The first-order valence-electron chi connectivity index (χ1n) is 11.4. The Morgan fingerprint density at radius 3 is 2.42 bits per heavy atom. The fourth-order valence-corrected chi connectivity index (χ4v) is 4.54. The van der Waals surface area contributed by atoms with Gasteiger partial charge in [-0.05, 0) is 49.5 Å². The van der Waals surface area contributed by atoms with E-state index in [0.29, 0.717) is 18.2 Å². The molecule has 190 valence electrons. The van der Waals surface area contributed by atoms with Crippen LogP contribution in [-0.2, 0) is 0 Å². The lowest BCUT2D eigenvalue weighted by atomic mass is 9.89. The summed E-state index contributed by atoms with van der Waals surface area (Å²) in [4.78, 5) is 19.2. The average Bonchev–Trinajstić information content (AvgIpc) is 3.30. The van der Waals surface area contributed by atoms with Crippen molar-refractivity contribution in [1.82, 2.24) is 19.8 Å². The number of piperidine rings is 1. The van der Waals surface area contributed by atoms with Crippen LogP contribution in [0.1, 0.15) is 34.7 Å². The molecule has 1 aliphatic rings. The first-order valence-corrected chi connectivity index (χ1v) is 11.4. The van der Waals surface area contributed by atoms with Gasteiger partial charge < -0.3 is 14.8 Å². The van der Waals surface area contributed by atoms with Gasteiger partial charge in [0, 0.05) is 12.1 Å². The van der Waals surface area contributed by atoms with Gasteiger partial charge in [-0.1, -0.05) is 6.07 Å². The minimum Gasteiger partial charge on any atom is -0.496 e. The van der Waals surface area contributed by atoms with Crippen molar-refractivity contribution < 1.29 is 27.4 Å². The van der Waals surface area contributed by atoms with E-state index in [-0.39, 0.29) is 17.1 Å². The molecular formula is C25H26F3N5O3. The van der Waals surface area contributed by atoms with E-state index in [2.05, 4.69) is 28.1 Å². The molecule has 4 rings (SSSR count). The van der Waals surface area contributed by atoms with Crippen molar-refractivity contribution in [3.05, 3.63) is 47.8 Å². The Balaban J connectivity index is 1.62. The summed E-state index contributed by atoms with van der Waals surface area (Å²) in [6.45, 7) is 0.748. The van der Waals surface area contributed by atoms with Crippen LogP contribution >= 0.6 is 0 Å². The Labute approximate surface area is 206 Å². The summed E-state index contributed by atoms with van der Waals surface area (Å²) in [5, 5.41) is 10.8. The fourth-order valence-electron chi connectivity index (χ4n) is 4.54. The fraction of sp³-hybridized carbons (Fsp3) is 0.400. The maximum absolute atomic E-state index is 12.6. The Hall–Kier alpha value is -3.78. The highest BCUT2D eigenvalue weighted by Gasteiger charge is 2.30. The summed E-state index contributed by atoms with van der Waals surface area (Å²) < 4.78 is 50.2. The van der Waals surface area contributed by atoms with Crippen molar-refractivity contribution >= 4 is 16.9 Å². The van der Waals surface area contributed by atoms with E-state index >= 15 is 0 Å². The number of hydrogen-bond donors (Lipinski definition) is 1. The summed E-state index contributed by atoms with van der Waals surface area (Å²) in [5.74, 6) is -0.407. The normalized spacial score (nSPS) is 15.0. The van der Waals surface area contributed by atoms with E-state index in [4.69, 9.17) is 14.7 Å². The van der Waals surface area contributed by atoms with E-state index in [1.165, 1.54) is 19.8 Å². The monoisotopic (exact) mass is 501 g/mol. The second-order valence-corrected chi connectivity index (χ2v) is 8.59. The molecule has 1 aliphatic heterocycles. The van der Waals surface area contributed by atoms with Crippen LogP contribution in [0.3, 0.4) is 0 Å². The topological polar surface area (TPSA) is 92.4 Å². The number of hydrogen-bond acceptors (Lipinski definition) is 6. The van der Waals surface area contributed by atoms with Crippen LogP contribution in [0.4, 0.5) is 13.2 Å². The summed E-state index contributed by atoms with van der Waals surface area (Å²) in [6.07, 6.45) is -0.958. The predicted octanol–water partition coefficient (Wildman–Crippen LogP) is 4.04. The number of alkyl halides is 3. The molecule has 1 N–H and O–H groups in total. The average molecular weight is 502 g/mol. The van der Waals surface area contributed by atoms with E-state index in [0.717, 1.165) is 37.0 Å². The molecule has 2 aromatic carbocycles. The number of methoxy groups -OCH3 is 2. The zero-order valence-corrected chi connectivity index (χ0v) is 19.9. The summed E-state index contributed by atoms with van der Waals surface area (Å²) in [7, 11) is 2.67. The number of benzene rings is 2. The van der Waals surface area contributed by atoms with Crippen LogP contribution in [0, 0.1) is 11.3 Å². The SMILES string of the molecule is COc1cc(-n2cnc3cc(C4CCN(CC#N)CC4)ccc32)cc(OC)c1C(=O)NCC(F)(F)F. The Morgan fingerprint density at radius 2 is 1.83 bits per heavy atom. The number of fused-ring (bicyclic) bond motifs is 1. The maximum Gasteiger partial charge on any atom is 0.405 e. The van der Waals surface area contributed by atoms with Crippen LogP contribution in [0.2, 0.25) is 0 Å². The van der Waals surface area contributed by atoms with Gasteiger partial charge in [-0.15, -0.1) is 0 Å². The Kier molecular flexibility index (Phi) is 7.35. The zero-order valence-electron chi connectivity index (χ0n) is 19.9. The van der Waals surface area contributed by atoms with Gasteiger partial charge in [0.1, 0.15) is 29.9 Å². The number of nitrogens with one attached hydrogen (secondary N) is 1. The van der Waals surface area contributed by atoms with Gasteiger partial charge >= 0.3 is 6.18 Å². The molecule has 0 radical (unpaired) electrons. The summed E-state index contributed by atoms with van der Waals surface area (Å²) in [6, 6.07) is 11.4.